The van der Waals surface area contributed by atoms with E-state index in [-0.39, 0.29) is 6.03 Å². The van der Waals surface area contributed by atoms with Crippen LogP contribution in [0.15, 0.2) is 59.8 Å². The minimum absolute atomic E-state index is 0.257. The highest BCUT2D eigenvalue weighted by molar-refractivity contribution is 7.14. The fourth-order valence-corrected chi connectivity index (χ4v) is 4.86. The minimum Gasteiger partial charge on any atom is -0.339 e. The van der Waals surface area contributed by atoms with Gasteiger partial charge >= 0.3 is 6.03 Å². The zero-order valence-corrected chi connectivity index (χ0v) is 19.6. The van der Waals surface area contributed by atoms with Crippen molar-refractivity contribution in [1.29, 1.82) is 0 Å². The molecule has 4 N–H and O–H groups in total. The van der Waals surface area contributed by atoms with Crippen LogP contribution in [0.4, 0.5) is 32.9 Å². The van der Waals surface area contributed by atoms with Gasteiger partial charge in [0, 0.05) is 17.1 Å². The largest absolute Gasteiger partial charge is 0.339 e. The molecule has 168 valence electrons. The van der Waals surface area contributed by atoms with E-state index in [2.05, 4.69) is 43.4 Å². The van der Waals surface area contributed by atoms with Gasteiger partial charge in [-0.25, -0.2) is 9.78 Å². The van der Waals surface area contributed by atoms with Crippen molar-refractivity contribution in [2.75, 3.05) is 21.3 Å². The third-order valence-electron chi connectivity index (χ3n) is 5.55. The lowest BCUT2D eigenvalue weighted by molar-refractivity contribution is 0.262. The van der Waals surface area contributed by atoms with E-state index >= 15 is 0 Å². The fraction of sp³-hybridized carbons (Fsp3) is 0.208. The van der Waals surface area contributed by atoms with Gasteiger partial charge in [-0.15, -0.1) is 11.3 Å². The van der Waals surface area contributed by atoms with Crippen LogP contribution in [0.1, 0.15) is 24.0 Å². The van der Waals surface area contributed by atoms with Crippen LogP contribution in [0.2, 0.25) is 5.02 Å². The first-order valence-electron chi connectivity index (χ1n) is 10.7. The Morgan fingerprint density at radius 3 is 3.00 bits per heavy atom. The number of fused-ring (bicyclic) bond motifs is 6. The highest BCUT2D eigenvalue weighted by Gasteiger charge is 2.17. The number of nitrogens with one attached hydrogen (secondary N) is 4. The highest BCUT2D eigenvalue weighted by atomic mass is 35.5. The van der Waals surface area contributed by atoms with E-state index in [0.717, 1.165) is 52.5 Å². The van der Waals surface area contributed by atoms with Crippen molar-refractivity contribution in [3.8, 4) is 0 Å². The quantitative estimate of drug-likeness (QED) is 0.328. The van der Waals surface area contributed by atoms with E-state index in [4.69, 9.17) is 11.6 Å². The summed E-state index contributed by atoms with van der Waals surface area (Å²) in [6, 6.07) is 7.55. The van der Waals surface area contributed by atoms with Crippen LogP contribution in [0.5, 0.6) is 0 Å². The third-order valence-corrected chi connectivity index (χ3v) is 6.79. The van der Waals surface area contributed by atoms with E-state index < -0.39 is 0 Å². The maximum absolute atomic E-state index is 12.6. The summed E-state index contributed by atoms with van der Waals surface area (Å²) < 4.78 is 0. The van der Waals surface area contributed by atoms with Gasteiger partial charge in [0.05, 0.1) is 11.2 Å². The number of carbonyl (C=O) groups excluding carboxylic acids is 1. The summed E-state index contributed by atoms with van der Waals surface area (Å²) in [7, 11) is 0. The lowest BCUT2D eigenvalue weighted by Crippen LogP contribution is -2.20. The second kappa shape index (κ2) is 9.25. The zero-order valence-electron chi connectivity index (χ0n) is 18.0. The van der Waals surface area contributed by atoms with Gasteiger partial charge in [0.15, 0.2) is 5.82 Å². The van der Waals surface area contributed by atoms with Gasteiger partial charge in [0.25, 0.3) is 0 Å². The summed E-state index contributed by atoms with van der Waals surface area (Å²) in [5.41, 5.74) is 4.85. The van der Waals surface area contributed by atoms with Gasteiger partial charge < -0.3 is 16.0 Å². The van der Waals surface area contributed by atoms with Crippen LogP contribution in [0, 0.1) is 12.8 Å². The summed E-state index contributed by atoms with van der Waals surface area (Å²) in [5, 5.41) is 15.8. The molecule has 2 aromatic heterocycles. The third kappa shape index (κ3) is 5.18. The first kappa shape index (κ1) is 21.5. The summed E-state index contributed by atoms with van der Waals surface area (Å²) in [5.74, 6) is 1.40. The molecule has 6 bridgehead atoms. The van der Waals surface area contributed by atoms with E-state index in [1.165, 1.54) is 11.3 Å². The number of anilines is 5. The molecule has 5 rings (SSSR count). The molecule has 3 heterocycles. The zero-order chi connectivity index (χ0) is 22.8. The molecule has 9 heteroatoms. The SMILES string of the molecule is Cc1csc(NC(=O)Nc2ccc3cc2CCC2C=CC=C(C2)Nc2ncc(Cl)c(n2)N3)c1. The Morgan fingerprint density at radius 2 is 2.15 bits per heavy atom. The molecule has 0 saturated heterocycles. The second-order valence-corrected chi connectivity index (χ2v) is 9.48. The van der Waals surface area contributed by atoms with Crippen molar-refractivity contribution in [3.63, 3.8) is 0 Å². The van der Waals surface area contributed by atoms with Gasteiger partial charge in [-0.05, 0) is 79.0 Å². The van der Waals surface area contributed by atoms with Gasteiger partial charge in [-0.3, -0.25) is 5.32 Å². The number of aromatic nitrogens is 2. The van der Waals surface area contributed by atoms with Crippen molar-refractivity contribution in [2.24, 2.45) is 5.92 Å². The normalized spacial score (nSPS) is 16.8. The summed E-state index contributed by atoms with van der Waals surface area (Å²) in [4.78, 5) is 21.5. The van der Waals surface area contributed by atoms with E-state index in [1.807, 2.05) is 42.6 Å². The van der Waals surface area contributed by atoms with Crippen molar-refractivity contribution >= 4 is 57.1 Å². The molecule has 1 atom stereocenters. The first-order chi connectivity index (χ1) is 16.0. The summed E-state index contributed by atoms with van der Waals surface area (Å²) in [6.45, 7) is 2.00. The van der Waals surface area contributed by atoms with Crippen molar-refractivity contribution < 1.29 is 4.79 Å². The van der Waals surface area contributed by atoms with Gasteiger partial charge in [0.2, 0.25) is 5.95 Å². The molecule has 33 heavy (non-hydrogen) atoms. The van der Waals surface area contributed by atoms with Crippen LogP contribution in [-0.4, -0.2) is 16.0 Å². The Labute approximate surface area is 201 Å². The Kier molecular flexibility index (Phi) is 6.02. The Bertz CT molecular complexity index is 1270. The molecule has 0 saturated carbocycles. The Balaban J connectivity index is 1.44. The molecule has 2 amide bonds. The number of hydrogen-bond donors (Lipinski definition) is 4. The summed E-state index contributed by atoms with van der Waals surface area (Å²) >= 11 is 7.85. The minimum atomic E-state index is -0.257. The smallest absolute Gasteiger partial charge is 0.324 e. The molecule has 1 aliphatic heterocycles. The van der Waals surface area contributed by atoms with Crippen LogP contribution >= 0.6 is 22.9 Å². The monoisotopic (exact) mass is 478 g/mol. The number of thiophene rings is 1. The maximum Gasteiger partial charge on any atom is 0.324 e. The van der Waals surface area contributed by atoms with Crippen molar-refractivity contribution in [3.05, 3.63) is 75.9 Å². The average Bonchev–Trinajstić information content (AvgIpc) is 3.20. The predicted molar refractivity (Wildman–Crippen MR) is 136 cm³/mol. The number of urea groups is 1. The number of allylic oxidation sites excluding steroid dienone is 4. The maximum atomic E-state index is 12.6. The molecule has 1 aliphatic carbocycles. The first-order valence-corrected chi connectivity index (χ1v) is 12.0. The standard InChI is InChI=1S/C24H23ClN6OS/c1-14-9-21(33-13-14)30-24(32)29-20-8-7-18-11-16(20)6-5-15-3-2-4-17(10-15)28-23-26-12-19(25)22(27-18)31-23/h2-4,7-9,11-13,15H,5-6,10H2,1H3,(H2,29,30,32)(H2,26,27,28,31). The van der Waals surface area contributed by atoms with Gasteiger partial charge in [-0.1, -0.05) is 23.8 Å². The van der Waals surface area contributed by atoms with Crippen LogP contribution < -0.4 is 21.3 Å². The van der Waals surface area contributed by atoms with E-state index in [1.54, 1.807) is 6.20 Å². The number of nitrogens with zero attached hydrogens (tertiary/aromatic N) is 2. The number of aryl methyl sites for hydroxylation is 2. The Morgan fingerprint density at radius 1 is 1.24 bits per heavy atom. The Hall–Kier alpha value is -3.36. The van der Waals surface area contributed by atoms with Crippen molar-refractivity contribution in [2.45, 2.75) is 26.2 Å². The molecule has 0 fully saturated rings. The van der Waals surface area contributed by atoms with E-state index in [0.29, 0.717) is 22.7 Å². The molecular weight excluding hydrogens is 456 g/mol. The van der Waals surface area contributed by atoms with Gasteiger partial charge in [-0.2, -0.15) is 4.98 Å². The number of rotatable bonds is 2. The molecule has 2 aliphatic rings. The van der Waals surface area contributed by atoms with Crippen LogP contribution in [0.25, 0.3) is 0 Å². The molecule has 7 nitrogen and oxygen atoms in total. The van der Waals surface area contributed by atoms with Gasteiger partial charge in [0.1, 0.15) is 5.02 Å². The second-order valence-electron chi connectivity index (χ2n) is 8.16. The topological polar surface area (TPSA) is 91.0 Å². The summed E-state index contributed by atoms with van der Waals surface area (Å²) in [6.07, 6.45) is 10.5. The lowest BCUT2D eigenvalue weighted by atomic mass is 9.91. The molecule has 1 unspecified atom stereocenters. The number of hydrogen-bond acceptors (Lipinski definition) is 6. The molecule has 0 radical (unpaired) electrons. The number of carbonyl (C=O) groups is 1. The average molecular weight is 479 g/mol. The van der Waals surface area contributed by atoms with Crippen LogP contribution in [0.3, 0.4) is 0 Å². The van der Waals surface area contributed by atoms with E-state index in [9.17, 15) is 4.79 Å². The molecule has 3 aromatic rings. The lowest BCUT2D eigenvalue weighted by Gasteiger charge is -2.20. The fourth-order valence-electron chi connectivity index (χ4n) is 3.94. The van der Waals surface area contributed by atoms with Crippen LogP contribution in [-0.2, 0) is 6.42 Å². The predicted octanol–water partition coefficient (Wildman–Crippen LogP) is 6.71. The molecular formula is C24H23ClN6OS. The number of amides is 2. The highest BCUT2D eigenvalue weighted by Crippen LogP contribution is 2.31. The number of halogens is 1. The molecule has 1 aromatic carbocycles. The van der Waals surface area contributed by atoms with Crippen molar-refractivity contribution in [1.82, 2.24) is 9.97 Å². The number of benzene rings is 1. The molecule has 0 spiro atoms.